The molecule has 0 aliphatic rings. The number of likely N-dealkylation sites (N-methyl/N-ethyl adjacent to an activating group) is 1. The fourth-order valence-corrected chi connectivity index (χ4v) is 2.00. The van der Waals surface area contributed by atoms with Crippen molar-refractivity contribution < 1.29 is 12.8 Å². The molecule has 0 atom stereocenters. The SMILES string of the molecule is Cc1ccc(CN(CCN(C)C)S(N)(=O)=O)o1. The minimum atomic E-state index is -3.70. The molecule has 0 amide bonds. The van der Waals surface area contributed by atoms with E-state index in [4.69, 9.17) is 9.56 Å². The van der Waals surface area contributed by atoms with E-state index in [0.29, 0.717) is 18.8 Å². The van der Waals surface area contributed by atoms with Crippen LogP contribution in [-0.2, 0) is 16.8 Å². The number of rotatable bonds is 6. The van der Waals surface area contributed by atoms with Gasteiger partial charge in [-0.25, -0.2) is 5.14 Å². The van der Waals surface area contributed by atoms with Gasteiger partial charge in [0, 0.05) is 13.1 Å². The summed E-state index contributed by atoms with van der Waals surface area (Å²) in [6.45, 7) is 2.92. The summed E-state index contributed by atoms with van der Waals surface area (Å²) in [6, 6.07) is 3.55. The molecule has 0 unspecified atom stereocenters. The molecule has 0 aliphatic heterocycles. The number of furan rings is 1. The zero-order valence-electron chi connectivity index (χ0n) is 10.4. The normalized spacial score (nSPS) is 12.6. The number of hydrogen-bond acceptors (Lipinski definition) is 4. The average Bonchev–Trinajstić information content (AvgIpc) is 2.56. The van der Waals surface area contributed by atoms with Crippen LogP contribution in [-0.4, -0.2) is 44.8 Å². The third kappa shape index (κ3) is 4.86. The van der Waals surface area contributed by atoms with Crippen LogP contribution in [0, 0.1) is 6.92 Å². The molecule has 1 rings (SSSR count). The summed E-state index contributed by atoms with van der Waals surface area (Å²) < 4.78 is 29.3. The van der Waals surface area contributed by atoms with Crippen LogP contribution in [0.5, 0.6) is 0 Å². The Morgan fingerprint density at radius 3 is 2.35 bits per heavy atom. The first-order valence-electron chi connectivity index (χ1n) is 5.27. The monoisotopic (exact) mass is 261 g/mol. The van der Waals surface area contributed by atoms with Gasteiger partial charge < -0.3 is 9.32 Å². The second-order valence-corrected chi connectivity index (χ2v) is 5.74. The molecular formula is C10H19N3O3S. The summed E-state index contributed by atoms with van der Waals surface area (Å²) in [5.41, 5.74) is 0. The lowest BCUT2D eigenvalue weighted by Crippen LogP contribution is -2.40. The zero-order chi connectivity index (χ0) is 13.1. The van der Waals surface area contributed by atoms with Crippen molar-refractivity contribution in [1.29, 1.82) is 0 Å². The van der Waals surface area contributed by atoms with Gasteiger partial charge in [-0.2, -0.15) is 12.7 Å². The number of nitrogens with zero attached hydrogens (tertiary/aromatic N) is 2. The molecule has 0 aromatic carbocycles. The third-order valence-electron chi connectivity index (χ3n) is 2.28. The quantitative estimate of drug-likeness (QED) is 0.791. The van der Waals surface area contributed by atoms with Gasteiger partial charge in [0.05, 0.1) is 6.54 Å². The van der Waals surface area contributed by atoms with Gasteiger partial charge in [-0.15, -0.1) is 0 Å². The molecule has 17 heavy (non-hydrogen) atoms. The molecule has 0 radical (unpaired) electrons. The Morgan fingerprint density at radius 1 is 1.29 bits per heavy atom. The topological polar surface area (TPSA) is 79.8 Å². The van der Waals surface area contributed by atoms with Crippen molar-refractivity contribution >= 4 is 10.2 Å². The van der Waals surface area contributed by atoms with Crippen molar-refractivity contribution in [2.45, 2.75) is 13.5 Å². The van der Waals surface area contributed by atoms with Gasteiger partial charge in [0.25, 0.3) is 10.2 Å². The molecular weight excluding hydrogens is 242 g/mol. The van der Waals surface area contributed by atoms with Gasteiger partial charge in [-0.3, -0.25) is 0 Å². The minimum absolute atomic E-state index is 0.167. The molecule has 0 saturated heterocycles. The van der Waals surface area contributed by atoms with Gasteiger partial charge >= 0.3 is 0 Å². The summed E-state index contributed by atoms with van der Waals surface area (Å²) in [6.07, 6.45) is 0. The Balaban J connectivity index is 2.71. The van der Waals surface area contributed by atoms with Gasteiger partial charge in [-0.05, 0) is 33.2 Å². The summed E-state index contributed by atoms with van der Waals surface area (Å²) in [5, 5.41) is 5.16. The first kappa shape index (κ1) is 14.2. The van der Waals surface area contributed by atoms with E-state index in [1.165, 1.54) is 4.31 Å². The Labute approximate surface area is 102 Å². The number of aryl methyl sites for hydroxylation is 1. The van der Waals surface area contributed by atoms with Crippen LogP contribution in [0.4, 0.5) is 0 Å². The Hall–Kier alpha value is -0.890. The molecule has 0 aliphatic carbocycles. The van der Waals surface area contributed by atoms with Crippen molar-refractivity contribution in [3.05, 3.63) is 23.7 Å². The maximum absolute atomic E-state index is 11.4. The molecule has 0 fully saturated rings. The van der Waals surface area contributed by atoms with Crippen molar-refractivity contribution in [3.8, 4) is 0 Å². The summed E-state index contributed by atoms with van der Waals surface area (Å²) in [5.74, 6) is 1.34. The van der Waals surface area contributed by atoms with E-state index < -0.39 is 10.2 Å². The van der Waals surface area contributed by atoms with Crippen LogP contribution in [0.1, 0.15) is 11.5 Å². The van der Waals surface area contributed by atoms with Crippen LogP contribution in [0.3, 0.4) is 0 Å². The van der Waals surface area contributed by atoms with E-state index in [0.717, 1.165) is 5.76 Å². The lowest BCUT2D eigenvalue weighted by Gasteiger charge is -2.20. The van der Waals surface area contributed by atoms with E-state index in [-0.39, 0.29) is 6.54 Å². The first-order valence-corrected chi connectivity index (χ1v) is 6.77. The van der Waals surface area contributed by atoms with E-state index in [1.54, 1.807) is 12.1 Å². The zero-order valence-corrected chi connectivity index (χ0v) is 11.2. The van der Waals surface area contributed by atoms with E-state index >= 15 is 0 Å². The Kier molecular flexibility index (Phi) is 4.70. The predicted octanol–water partition coefficient (Wildman–Crippen LogP) is 0.155. The number of hydrogen-bond donors (Lipinski definition) is 1. The minimum Gasteiger partial charge on any atom is -0.465 e. The second kappa shape index (κ2) is 5.63. The molecule has 1 aromatic rings. The van der Waals surface area contributed by atoms with Crippen molar-refractivity contribution in [3.63, 3.8) is 0 Å². The molecule has 1 aromatic heterocycles. The Morgan fingerprint density at radius 2 is 1.94 bits per heavy atom. The van der Waals surface area contributed by atoms with Crippen LogP contribution in [0.15, 0.2) is 16.5 Å². The van der Waals surface area contributed by atoms with E-state index in [9.17, 15) is 8.42 Å². The highest BCUT2D eigenvalue weighted by Crippen LogP contribution is 2.10. The van der Waals surface area contributed by atoms with Gasteiger partial charge in [0.2, 0.25) is 0 Å². The summed E-state index contributed by atoms with van der Waals surface area (Å²) in [7, 11) is 0.0439. The van der Waals surface area contributed by atoms with Gasteiger partial charge in [0.1, 0.15) is 11.5 Å². The van der Waals surface area contributed by atoms with Crippen LogP contribution < -0.4 is 5.14 Å². The fourth-order valence-electron chi connectivity index (χ4n) is 1.35. The molecule has 0 spiro atoms. The molecule has 0 bridgehead atoms. The average molecular weight is 261 g/mol. The first-order chi connectivity index (χ1) is 7.79. The maximum Gasteiger partial charge on any atom is 0.277 e. The highest BCUT2D eigenvalue weighted by atomic mass is 32.2. The highest BCUT2D eigenvalue weighted by Gasteiger charge is 2.19. The lowest BCUT2D eigenvalue weighted by molar-refractivity contribution is 0.310. The van der Waals surface area contributed by atoms with Crippen LogP contribution >= 0.6 is 0 Å². The molecule has 1 heterocycles. The van der Waals surface area contributed by atoms with Crippen molar-refractivity contribution in [2.24, 2.45) is 5.14 Å². The molecule has 7 heteroatoms. The third-order valence-corrected chi connectivity index (χ3v) is 3.32. The van der Waals surface area contributed by atoms with Crippen molar-refractivity contribution in [2.75, 3.05) is 27.2 Å². The van der Waals surface area contributed by atoms with Gasteiger partial charge in [0.15, 0.2) is 0 Å². The van der Waals surface area contributed by atoms with E-state index in [1.807, 2.05) is 25.9 Å². The predicted molar refractivity (Wildman–Crippen MR) is 65.5 cm³/mol. The smallest absolute Gasteiger partial charge is 0.277 e. The fraction of sp³-hybridized carbons (Fsp3) is 0.600. The highest BCUT2D eigenvalue weighted by molar-refractivity contribution is 7.86. The molecule has 0 saturated carbocycles. The van der Waals surface area contributed by atoms with Gasteiger partial charge in [-0.1, -0.05) is 0 Å². The molecule has 98 valence electrons. The molecule has 6 nitrogen and oxygen atoms in total. The van der Waals surface area contributed by atoms with Crippen LogP contribution in [0.25, 0.3) is 0 Å². The lowest BCUT2D eigenvalue weighted by atomic mass is 10.4. The van der Waals surface area contributed by atoms with Crippen LogP contribution in [0.2, 0.25) is 0 Å². The maximum atomic E-state index is 11.4. The second-order valence-electron chi connectivity index (χ2n) is 4.19. The van der Waals surface area contributed by atoms with E-state index in [2.05, 4.69) is 0 Å². The molecule has 2 N–H and O–H groups in total. The summed E-state index contributed by atoms with van der Waals surface area (Å²) >= 11 is 0. The Bertz CT molecular complexity index is 453. The number of nitrogens with two attached hydrogens (primary N) is 1. The van der Waals surface area contributed by atoms with Crippen molar-refractivity contribution in [1.82, 2.24) is 9.21 Å². The standard InChI is InChI=1S/C10H19N3O3S/c1-9-4-5-10(16-9)8-13(17(11,14)15)7-6-12(2)3/h4-5H,6-8H2,1-3H3,(H2,11,14,15). The summed E-state index contributed by atoms with van der Waals surface area (Å²) in [4.78, 5) is 1.89. The largest absolute Gasteiger partial charge is 0.465 e.